The second-order valence-corrected chi connectivity index (χ2v) is 17.9. The van der Waals surface area contributed by atoms with Crippen molar-refractivity contribution in [3.63, 3.8) is 0 Å². The number of nitrogens with two attached hydrogens (primary N) is 1. The summed E-state index contributed by atoms with van der Waals surface area (Å²) in [5, 5.41) is 110. The smallest absolute Gasteiger partial charge is 0.462 e. The molecule has 3 heterocycles. The molecule has 2 fully saturated rings. The summed E-state index contributed by atoms with van der Waals surface area (Å²) in [6, 6.07) is -1.19. The minimum absolute atomic E-state index is 0.125. The van der Waals surface area contributed by atoms with Crippen LogP contribution in [0.1, 0.15) is 71.6 Å². The number of carbonyl (C=O) groups excluding carboxylic acids is 2. The Kier molecular flexibility index (Phi) is 26.3. The van der Waals surface area contributed by atoms with Gasteiger partial charge in [-0.15, -0.1) is 13.2 Å². The molecule has 13 N–H and O–H groups in total. The van der Waals surface area contributed by atoms with Gasteiger partial charge in [-0.05, 0) is 26.2 Å². The molecular formula is C48H73F3N2O17. The number of aliphatic hydroxyl groups excluding tert-OH is 9. The molecule has 2 bridgehead atoms. The number of nitrogens with one attached hydrogen (secondary N) is 1. The molecule has 0 radical (unpaired) electrons. The van der Waals surface area contributed by atoms with Crippen LogP contribution in [-0.4, -0.2) is 180 Å². The van der Waals surface area contributed by atoms with Gasteiger partial charge < -0.3 is 81.1 Å². The fourth-order valence-corrected chi connectivity index (χ4v) is 7.97. The molecule has 2 saturated heterocycles. The van der Waals surface area contributed by atoms with Crippen molar-refractivity contribution in [2.45, 2.75) is 169 Å². The third kappa shape index (κ3) is 22.8. The quantitative estimate of drug-likeness (QED) is 0.128. The highest BCUT2D eigenvalue weighted by Crippen LogP contribution is 2.38. The summed E-state index contributed by atoms with van der Waals surface area (Å²) in [5.74, 6) is -6.04. The topological polar surface area (TPSA) is 321 Å². The maximum atomic E-state index is 13.5. The molecule has 7 unspecified atom stereocenters. The number of fused-ring (bicyclic) bond motifs is 2. The highest BCUT2D eigenvalue weighted by atomic mass is 19.4. The van der Waals surface area contributed by atoms with E-state index in [0.29, 0.717) is 0 Å². The number of hydrogen-bond donors (Lipinski definition) is 12. The minimum atomic E-state index is -4.99. The van der Waals surface area contributed by atoms with Gasteiger partial charge in [-0.3, -0.25) is 14.3 Å². The van der Waals surface area contributed by atoms with Crippen LogP contribution in [0.3, 0.4) is 0 Å². The molecule has 0 spiro atoms. The summed E-state index contributed by atoms with van der Waals surface area (Å²) in [5.41, 5.74) is 5.95. The summed E-state index contributed by atoms with van der Waals surface area (Å²) in [6.07, 6.45) is -2.17. The second-order valence-electron chi connectivity index (χ2n) is 17.9. The Bertz CT molecular complexity index is 1780. The van der Waals surface area contributed by atoms with E-state index >= 15 is 0 Å². The molecule has 3 rings (SSSR count). The average Bonchev–Trinajstić information content (AvgIpc) is 3.25. The number of rotatable bonds is 6. The Morgan fingerprint density at radius 1 is 0.743 bits per heavy atom. The number of halogens is 3. The zero-order chi connectivity index (χ0) is 52.0. The molecular weight excluding hydrogens is 934 g/mol. The number of aliphatic hydroxyl groups is 10. The molecule has 0 aromatic heterocycles. The Balaban J connectivity index is 1.91. The van der Waals surface area contributed by atoms with Gasteiger partial charge in [0, 0.05) is 44.6 Å². The van der Waals surface area contributed by atoms with Crippen molar-refractivity contribution in [1.29, 1.82) is 0 Å². The van der Waals surface area contributed by atoms with E-state index in [1.807, 2.05) is 0 Å². The van der Waals surface area contributed by atoms with E-state index in [1.54, 1.807) is 86.8 Å². The Morgan fingerprint density at radius 2 is 1.34 bits per heavy atom. The van der Waals surface area contributed by atoms with Crippen molar-refractivity contribution in [3.05, 3.63) is 85.1 Å². The number of esters is 1. The van der Waals surface area contributed by atoms with Crippen molar-refractivity contribution in [2.75, 3.05) is 19.8 Å². The standard InChI is InChI=1S/C48H73F3N2O17/c1-29-15-13-11-9-7-5-3-4-6-8-10-12-14-16-34(69-46-44(63)43(52)39(61)28-66-46)25-40-42(45(64)53-19-20-67-48(49,50)51)38(60)27-47(65,70-40)26-33(56)23-37(59)35(57)18-17-31(54)22-32(55)24-41(62)68-30(2)21-36(29)58/h3-16,29-40,42-44,46,54-61,63,65H,17-28,52H2,1-2H3,(H,53,64)/b4-3+,7-5+,8-6+,11-9+,12-10+,15-13+,16-14+/t29-,30-,31?,32?,33?,34?,35?,36-,37?,38-,39+,40-,42+,43-,44-,46-,47?/m0/s1. The third-order valence-corrected chi connectivity index (χ3v) is 11.7. The maximum Gasteiger partial charge on any atom is 0.522 e. The lowest BCUT2D eigenvalue weighted by molar-refractivity contribution is -0.323. The number of amides is 1. The first kappa shape index (κ1) is 60.6. The molecule has 70 heavy (non-hydrogen) atoms. The first-order valence-corrected chi connectivity index (χ1v) is 23.4. The van der Waals surface area contributed by atoms with E-state index < -0.39 is 161 Å². The minimum Gasteiger partial charge on any atom is -0.462 e. The SMILES string of the molecule is C[C@H]1C[C@H](O)[C@@H](C)/C=C/C=C/C=C/C=C/C=C/C=C/C=C/C(O[C@@H]2OC[C@@H](O)[C@H](N)[C@@H]2O)C[C@@H]2OC(O)(CC(O)CC(O)C(O)CCC(O)CC(O)CC(=O)O1)C[C@H](O)[C@H]2C(=O)NCCOC(F)(F)F. The Labute approximate surface area is 405 Å². The Morgan fingerprint density at radius 3 is 1.96 bits per heavy atom. The highest BCUT2D eigenvalue weighted by molar-refractivity contribution is 5.80. The van der Waals surface area contributed by atoms with E-state index in [2.05, 4.69) is 10.1 Å². The largest absolute Gasteiger partial charge is 0.522 e. The van der Waals surface area contributed by atoms with Crippen LogP contribution in [0.25, 0.3) is 0 Å². The normalized spacial score (nSPS) is 41.2. The first-order chi connectivity index (χ1) is 33.0. The van der Waals surface area contributed by atoms with Crippen molar-refractivity contribution >= 4 is 11.9 Å². The van der Waals surface area contributed by atoms with Crippen molar-refractivity contribution in [2.24, 2.45) is 17.6 Å². The lowest BCUT2D eigenvalue weighted by Gasteiger charge is -2.45. The molecule has 3 aliphatic heterocycles. The van der Waals surface area contributed by atoms with Gasteiger partial charge in [0.15, 0.2) is 12.1 Å². The number of ether oxygens (including phenoxy) is 5. The number of carbonyl (C=O) groups is 2. The molecule has 1 amide bonds. The van der Waals surface area contributed by atoms with Gasteiger partial charge in [-0.1, -0.05) is 92.0 Å². The van der Waals surface area contributed by atoms with E-state index in [1.165, 1.54) is 12.2 Å². The molecule has 0 saturated carbocycles. The molecule has 0 aromatic rings. The van der Waals surface area contributed by atoms with Gasteiger partial charge >= 0.3 is 12.3 Å². The summed E-state index contributed by atoms with van der Waals surface area (Å²) >= 11 is 0. The zero-order valence-corrected chi connectivity index (χ0v) is 39.3. The summed E-state index contributed by atoms with van der Waals surface area (Å²) < 4.78 is 64.6. The molecule has 22 heteroatoms. The average molecular weight is 1010 g/mol. The van der Waals surface area contributed by atoms with Crippen LogP contribution in [0, 0.1) is 11.8 Å². The van der Waals surface area contributed by atoms with Crippen LogP contribution in [0.4, 0.5) is 13.2 Å². The molecule has 0 aliphatic carbocycles. The first-order valence-electron chi connectivity index (χ1n) is 23.4. The number of cyclic esters (lactones) is 1. The number of allylic oxidation sites excluding steroid dienone is 12. The van der Waals surface area contributed by atoms with E-state index in [4.69, 9.17) is 24.7 Å². The van der Waals surface area contributed by atoms with E-state index in [-0.39, 0.29) is 38.2 Å². The number of alkyl halides is 3. The fraction of sp³-hybridized carbons (Fsp3) is 0.667. The van der Waals surface area contributed by atoms with Gasteiger partial charge in [-0.25, -0.2) is 0 Å². The summed E-state index contributed by atoms with van der Waals surface area (Å²) in [6.45, 7) is 1.46. The monoisotopic (exact) mass is 1010 g/mol. The summed E-state index contributed by atoms with van der Waals surface area (Å²) in [4.78, 5) is 26.0. The molecule has 3 aliphatic rings. The lowest BCUT2D eigenvalue weighted by Crippen LogP contribution is -2.59. The van der Waals surface area contributed by atoms with Crippen LogP contribution in [0.15, 0.2) is 85.1 Å². The zero-order valence-electron chi connectivity index (χ0n) is 39.3. The van der Waals surface area contributed by atoms with Gasteiger partial charge in [-0.2, -0.15) is 0 Å². The lowest BCUT2D eigenvalue weighted by atomic mass is 9.82. The predicted molar refractivity (Wildman–Crippen MR) is 245 cm³/mol. The van der Waals surface area contributed by atoms with Crippen LogP contribution in [0.2, 0.25) is 0 Å². The highest BCUT2D eigenvalue weighted by Gasteiger charge is 2.50. The molecule has 19 nitrogen and oxygen atoms in total. The van der Waals surface area contributed by atoms with Crippen molar-refractivity contribution in [3.8, 4) is 0 Å². The van der Waals surface area contributed by atoms with Crippen LogP contribution in [-0.2, 0) is 33.3 Å². The fourth-order valence-electron chi connectivity index (χ4n) is 7.97. The second kappa shape index (κ2) is 30.4. The Hall–Kier alpha value is -3.69. The van der Waals surface area contributed by atoms with Crippen LogP contribution >= 0.6 is 0 Å². The van der Waals surface area contributed by atoms with Crippen molar-refractivity contribution < 1.29 is 97.5 Å². The molecule has 398 valence electrons. The molecule has 0 aromatic carbocycles. The van der Waals surface area contributed by atoms with Crippen LogP contribution < -0.4 is 11.1 Å². The van der Waals surface area contributed by atoms with Gasteiger partial charge in [0.2, 0.25) is 5.91 Å². The third-order valence-electron chi connectivity index (χ3n) is 11.7. The van der Waals surface area contributed by atoms with Crippen molar-refractivity contribution in [1.82, 2.24) is 5.32 Å². The van der Waals surface area contributed by atoms with Gasteiger partial charge in [0.1, 0.15) is 12.2 Å². The van der Waals surface area contributed by atoms with E-state index in [9.17, 15) is 73.8 Å². The predicted octanol–water partition coefficient (Wildman–Crippen LogP) is 0.645. The number of hydrogen-bond acceptors (Lipinski definition) is 18. The van der Waals surface area contributed by atoms with Crippen LogP contribution in [0.5, 0.6) is 0 Å². The molecule has 17 atom stereocenters. The maximum absolute atomic E-state index is 13.5. The van der Waals surface area contributed by atoms with Gasteiger partial charge in [0.05, 0.1) is 92.6 Å². The van der Waals surface area contributed by atoms with E-state index in [0.717, 1.165) is 0 Å². The summed E-state index contributed by atoms with van der Waals surface area (Å²) in [7, 11) is 0. The van der Waals surface area contributed by atoms with Gasteiger partial charge in [0.25, 0.3) is 0 Å².